The number of nitrogen functional groups attached to an aromatic ring is 1. The van der Waals surface area contributed by atoms with Crippen LogP contribution in [0.4, 0.5) is 23.0 Å². The number of fused-ring (bicyclic) bond motifs is 1. The van der Waals surface area contributed by atoms with E-state index in [0.717, 1.165) is 24.2 Å². The highest BCUT2D eigenvalue weighted by Gasteiger charge is 2.22. The van der Waals surface area contributed by atoms with Gasteiger partial charge in [-0.05, 0) is 32.3 Å². The smallest absolute Gasteiger partial charge is 0.307 e. The second-order valence-corrected chi connectivity index (χ2v) is 11.4. The van der Waals surface area contributed by atoms with Gasteiger partial charge in [0.2, 0.25) is 5.95 Å². The molecule has 0 radical (unpaired) electrons. The van der Waals surface area contributed by atoms with Crippen LogP contribution in [0.3, 0.4) is 0 Å². The van der Waals surface area contributed by atoms with Gasteiger partial charge in [-0.15, -0.1) is 0 Å². The fourth-order valence-electron chi connectivity index (χ4n) is 4.06. The van der Waals surface area contributed by atoms with Crippen molar-refractivity contribution in [2.45, 2.75) is 0 Å². The van der Waals surface area contributed by atoms with E-state index in [1.807, 2.05) is 39.3 Å². The zero-order chi connectivity index (χ0) is 27.6. The number of rotatable bonds is 10. The number of hydrogen-bond acceptors (Lipinski definition) is 9. The zero-order valence-corrected chi connectivity index (χ0v) is 23.3. The molecule has 4 rings (SSSR count). The molecule has 0 bridgehead atoms. The molecule has 202 valence electrons. The van der Waals surface area contributed by atoms with E-state index in [2.05, 4.69) is 25.1 Å². The van der Waals surface area contributed by atoms with E-state index in [9.17, 15) is 8.42 Å². The fraction of sp³-hybridized carbons (Fsp3) is 0.308. The van der Waals surface area contributed by atoms with Crippen LogP contribution in [0.1, 0.15) is 0 Å². The highest BCUT2D eigenvalue weighted by atomic mass is 32.2. The fourth-order valence-corrected chi connectivity index (χ4v) is 5.06. The van der Waals surface area contributed by atoms with E-state index >= 15 is 0 Å². The first-order valence-electron chi connectivity index (χ1n) is 12.0. The van der Waals surface area contributed by atoms with E-state index in [1.165, 1.54) is 22.4 Å². The average Bonchev–Trinajstić information content (AvgIpc) is 3.28. The molecule has 0 fully saturated rings. The lowest BCUT2D eigenvalue weighted by Crippen LogP contribution is -2.29. The second kappa shape index (κ2) is 10.9. The molecule has 2 aromatic heterocycles. The summed E-state index contributed by atoms with van der Waals surface area (Å²) < 4.78 is 34.0. The van der Waals surface area contributed by atoms with E-state index in [4.69, 9.17) is 10.5 Å². The van der Waals surface area contributed by atoms with Gasteiger partial charge in [0.15, 0.2) is 0 Å². The minimum absolute atomic E-state index is 0.321. The minimum atomic E-state index is -3.73. The zero-order valence-electron chi connectivity index (χ0n) is 22.5. The van der Waals surface area contributed by atoms with Crippen LogP contribution in [0.2, 0.25) is 0 Å². The van der Waals surface area contributed by atoms with Gasteiger partial charge in [-0.2, -0.15) is 12.7 Å². The number of ether oxygens (including phenoxy) is 1. The molecule has 0 saturated carbocycles. The number of likely N-dealkylation sites (N-methyl/N-ethyl adjacent to an activating group) is 2. The number of nitrogens with zero attached hydrogens (tertiary/aromatic N) is 6. The summed E-state index contributed by atoms with van der Waals surface area (Å²) in [5.74, 6) is 0.912. The molecule has 0 atom stereocenters. The molecule has 4 aromatic rings. The van der Waals surface area contributed by atoms with Crippen LogP contribution in [0.25, 0.3) is 22.2 Å². The standard InChI is InChI=1S/C26H34N8O3S/c1-31(2)13-14-33(5)24-16-25(37-6)22(15-20(24)27)30-26-28-12-11-21(29-26)19-17-34(38(35,36)32(3)4)23-10-8-7-9-18(19)23/h7-12,15-17H,13-14,27H2,1-6H3,(H,28,29,30). The lowest BCUT2D eigenvalue weighted by molar-refractivity contribution is 0.413. The largest absolute Gasteiger partial charge is 0.494 e. The van der Waals surface area contributed by atoms with Gasteiger partial charge in [0.1, 0.15) is 5.75 Å². The summed E-state index contributed by atoms with van der Waals surface area (Å²) in [4.78, 5) is 13.2. The molecule has 0 aliphatic heterocycles. The van der Waals surface area contributed by atoms with E-state index in [0.29, 0.717) is 39.8 Å². The molecule has 12 heteroatoms. The lowest BCUT2D eigenvalue weighted by Gasteiger charge is -2.24. The van der Waals surface area contributed by atoms with E-state index in [-0.39, 0.29) is 0 Å². The predicted octanol–water partition coefficient (Wildman–Crippen LogP) is 3.09. The maximum atomic E-state index is 13.0. The molecular weight excluding hydrogens is 504 g/mol. The Morgan fingerprint density at radius 2 is 1.79 bits per heavy atom. The maximum Gasteiger partial charge on any atom is 0.307 e. The number of para-hydroxylation sites is 1. The highest BCUT2D eigenvalue weighted by Crippen LogP contribution is 2.37. The van der Waals surface area contributed by atoms with E-state index < -0.39 is 10.2 Å². The van der Waals surface area contributed by atoms with Gasteiger partial charge in [-0.1, -0.05) is 18.2 Å². The molecule has 0 unspecified atom stereocenters. The van der Waals surface area contributed by atoms with Crippen molar-refractivity contribution < 1.29 is 13.2 Å². The maximum absolute atomic E-state index is 13.0. The average molecular weight is 539 g/mol. The van der Waals surface area contributed by atoms with Crippen molar-refractivity contribution in [2.75, 3.05) is 71.4 Å². The molecule has 3 N–H and O–H groups in total. The molecule has 2 aromatic carbocycles. The summed E-state index contributed by atoms with van der Waals surface area (Å²) in [6, 6.07) is 12.7. The summed E-state index contributed by atoms with van der Waals surface area (Å²) in [7, 11) is 6.91. The summed E-state index contributed by atoms with van der Waals surface area (Å²) in [6.45, 7) is 1.68. The summed E-state index contributed by atoms with van der Waals surface area (Å²) in [5.41, 5.74) is 10.3. The first-order valence-corrected chi connectivity index (χ1v) is 13.4. The molecule has 0 aliphatic carbocycles. The van der Waals surface area contributed by atoms with Crippen LogP contribution in [-0.2, 0) is 10.2 Å². The number of methoxy groups -OCH3 is 1. The molecule has 0 spiro atoms. The Morgan fingerprint density at radius 1 is 1.05 bits per heavy atom. The number of nitrogens with two attached hydrogens (primary N) is 1. The van der Waals surface area contributed by atoms with Gasteiger partial charge in [0.05, 0.1) is 35.4 Å². The highest BCUT2D eigenvalue weighted by molar-refractivity contribution is 7.87. The number of nitrogens with one attached hydrogen (secondary N) is 1. The topological polar surface area (TPSA) is 122 Å². The van der Waals surface area contributed by atoms with Crippen LogP contribution >= 0.6 is 0 Å². The van der Waals surface area contributed by atoms with Gasteiger partial charge in [0, 0.05) is 63.6 Å². The predicted molar refractivity (Wildman–Crippen MR) is 153 cm³/mol. The first-order chi connectivity index (χ1) is 18.0. The third-order valence-corrected chi connectivity index (χ3v) is 7.93. The molecule has 11 nitrogen and oxygen atoms in total. The van der Waals surface area contributed by atoms with E-state index in [1.54, 1.807) is 43.8 Å². The van der Waals surface area contributed by atoms with Gasteiger partial charge in [-0.25, -0.2) is 13.9 Å². The van der Waals surface area contributed by atoms with Crippen LogP contribution < -0.4 is 20.7 Å². The van der Waals surface area contributed by atoms with Gasteiger partial charge >= 0.3 is 10.2 Å². The Labute approximate surface area is 223 Å². The van der Waals surface area contributed by atoms with Gasteiger partial charge in [-0.3, -0.25) is 0 Å². The van der Waals surface area contributed by atoms with Crippen LogP contribution in [0.15, 0.2) is 54.9 Å². The van der Waals surface area contributed by atoms with Crippen LogP contribution in [-0.4, -0.2) is 87.0 Å². The quantitative estimate of drug-likeness (QED) is 0.293. The molecular formula is C26H34N8O3S. The lowest BCUT2D eigenvalue weighted by atomic mass is 10.1. The Kier molecular flexibility index (Phi) is 7.76. The van der Waals surface area contributed by atoms with Crippen molar-refractivity contribution in [3.8, 4) is 17.0 Å². The third kappa shape index (κ3) is 5.37. The van der Waals surface area contributed by atoms with Gasteiger partial charge in [0.25, 0.3) is 0 Å². The van der Waals surface area contributed by atoms with Crippen molar-refractivity contribution >= 4 is 44.1 Å². The molecule has 0 aliphatic rings. The Bertz CT molecular complexity index is 1550. The summed E-state index contributed by atoms with van der Waals surface area (Å²) in [5, 5.41) is 3.97. The molecule has 0 amide bonds. The monoisotopic (exact) mass is 538 g/mol. The Hall–Kier alpha value is -3.87. The van der Waals surface area contributed by atoms with Crippen LogP contribution in [0, 0.1) is 0 Å². The Balaban J connectivity index is 1.70. The first kappa shape index (κ1) is 27.2. The molecule has 0 saturated heterocycles. The Morgan fingerprint density at radius 3 is 2.47 bits per heavy atom. The van der Waals surface area contributed by atoms with Gasteiger partial charge < -0.3 is 25.6 Å². The molecule has 38 heavy (non-hydrogen) atoms. The summed E-state index contributed by atoms with van der Waals surface area (Å²) >= 11 is 0. The van der Waals surface area contributed by atoms with Crippen molar-refractivity contribution in [2.24, 2.45) is 0 Å². The summed E-state index contributed by atoms with van der Waals surface area (Å²) in [6.07, 6.45) is 3.21. The third-order valence-electron chi connectivity index (χ3n) is 6.21. The van der Waals surface area contributed by atoms with Crippen molar-refractivity contribution in [1.29, 1.82) is 0 Å². The number of aromatic nitrogens is 3. The van der Waals surface area contributed by atoms with Crippen molar-refractivity contribution in [3.63, 3.8) is 0 Å². The minimum Gasteiger partial charge on any atom is -0.494 e. The second-order valence-electron chi connectivity index (χ2n) is 9.37. The molecule has 2 heterocycles. The normalized spacial score (nSPS) is 11.9. The van der Waals surface area contributed by atoms with Crippen LogP contribution in [0.5, 0.6) is 5.75 Å². The number of anilines is 4. The van der Waals surface area contributed by atoms with Crippen molar-refractivity contribution in [3.05, 3.63) is 54.9 Å². The van der Waals surface area contributed by atoms with Crippen molar-refractivity contribution in [1.82, 2.24) is 23.1 Å². The number of hydrogen-bond donors (Lipinski definition) is 2. The SMILES string of the molecule is COc1cc(N(C)CCN(C)C)c(N)cc1Nc1nccc(-c2cn(S(=O)(=O)N(C)C)c3ccccc23)n1. The number of benzene rings is 2.